The monoisotopic (exact) mass is 312 g/mol. The van der Waals surface area contributed by atoms with Crippen LogP contribution < -0.4 is 4.90 Å². The summed E-state index contributed by atoms with van der Waals surface area (Å²) in [5.41, 5.74) is 1.26. The summed E-state index contributed by atoms with van der Waals surface area (Å²) < 4.78 is 1.11. The van der Waals surface area contributed by atoms with Crippen LogP contribution in [0, 0.1) is 0 Å². The zero-order chi connectivity index (χ0) is 13.0. The summed E-state index contributed by atoms with van der Waals surface area (Å²) in [6.45, 7) is 3.48. The Balaban J connectivity index is 2.18. The quantitative estimate of drug-likeness (QED) is 0.928. The van der Waals surface area contributed by atoms with Gasteiger partial charge in [0.05, 0.1) is 0 Å². The van der Waals surface area contributed by atoms with Gasteiger partial charge >= 0.3 is 0 Å². The maximum Gasteiger partial charge on any atom is 0.0451 e. The molecule has 0 aliphatic carbocycles. The number of aliphatic hydroxyl groups is 1. The lowest BCUT2D eigenvalue weighted by atomic mass is 10.1. The molecular formula is C14H21BrN2O. The van der Waals surface area contributed by atoms with Crippen LogP contribution in [0.4, 0.5) is 5.69 Å². The summed E-state index contributed by atoms with van der Waals surface area (Å²) in [5, 5.41) is 9.25. The Morgan fingerprint density at radius 3 is 2.67 bits per heavy atom. The van der Waals surface area contributed by atoms with Crippen molar-refractivity contribution < 1.29 is 5.11 Å². The van der Waals surface area contributed by atoms with Gasteiger partial charge in [-0.05, 0) is 50.7 Å². The highest BCUT2D eigenvalue weighted by Crippen LogP contribution is 2.23. The fourth-order valence-corrected chi connectivity index (χ4v) is 2.88. The Kier molecular flexibility index (Phi) is 5.03. The van der Waals surface area contributed by atoms with Crippen LogP contribution in [-0.4, -0.2) is 49.3 Å². The smallest absolute Gasteiger partial charge is 0.0451 e. The normalized spacial score (nSPS) is 21.9. The highest BCUT2D eigenvalue weighted by molar-refractivity contribution is 9.10. The number of hydrogen-bond acceptors (Lipinski definition) is 3. The van der Waals surface area contributed by atoms with Gasteiger partial charge in [0.2, 0.25) is 0 Å². The van der Waals surface area contributed by atoms with Gasteiger partial charge in [0.25, 0.3) is 0 Å². The predicted molar refractivity (Wildman–Crippen MR) is 79.1 cm³/mol. The summed E-state index contributed by atoms with van der Waals surface area (Å²) >= 11 is 3.47. The number of benzene rings is 1. The lowest BCUT2D eigenvalue weighted by molar-refractivity contribution is 0.253. The van der Waals surface area contributed by atoms with Crippen molar-refractivity contribution in [3.05, 3.63) is 28.7 Å². The standard InChI is InChI=1S/C14H21BrN2O/c1-16-8-2-9-17(14(11-16)7-10-18)13-5-3-12(15)4-6-13/h3-6,14,18H,2,7-11H2,1H3. The summed E-state index contributed by atoms with van der Waals surface area (Å²) in [6, 6.07) is 8.88. The van der Waals surface area contributed by atoms with Crippen LogP contribution in [0.5, 0.6) is 0 Å². The molecule has 0 aromatic heterocycles. The maximum absolute atomic E-state index is 9.25. The van der Waals surface area contributed by atoms with Crippen LogP contribution in [0.25, 0.3) is 0 Å². The molecule has 1 aromatic rings. The molecule has 0 amide bonds. The third kappa shape index (κ3) is 3.46. The van der Waals surface area contributed by atoms with Crippen molar-refractivity contribution in [3.63, 3.8) is 0 Å². The molecule has 1 saturated heterocycles. The van der Waals surface area contributed by atoms with E-state index in [-0.39, 0.29) is 6.61 Å². The molecule has 1 N–H and O–H groups in total. The molecule has 2 rings (SSSR count). The minimum Gasteiger partial charge on any atom is -0.396 e. The predicted octanol–water partition coefficient (Wildman–Crippen LogP) is 2.34. The Morgan fingerprint density at radius 2 is 2.00 bits per heavy atom. The summed E-state index contributed by atoms with van der Waals surface area (Å²) in [5.74, 6) is 0. The molecule has 1 aliphatic rings. The molecule has 1 heterocycles. The largest absolute Gasteiger partial charge is 0.396 e. The number of halogens is 1. The van der Waals surface area contributed by atoms with Crippen molar-refractivity contribution >= 4 is 21.6 Å². The van der Waals surface area contributed by atoms with Crippen LogP contribution in [0.2, 0.25) is 0 Å². The molecule has 1 unspecified atom stereocenters. The summed E-state index contributed by atoms with van der Waals surface area (Å²) in [6.07, 6.45) is 2.01. The Labute approximate surface area is 118 Å². The molecule has 1 aromatic carbocycles. The third-order valence-corrected chi connectivity index (χ3v) is 4.05. The van der Waals surface area contributed by atoms with Gasteiger partial charge in [-0.1, -0.05) is 15.9 Å². The van der Waals surface area contributed by atoms with Gasteiger partial charge in [-0.2, -0.15) is 0 Å². The molecule has 1 aliphatic heterocycles. The first-order valence-electron chi connectivity index (χ1n) is 6.52. The lowest BCUT2D eigenvalue weighted by Gasteiger charge is -2.32. The molecule has 1 atom stereocenters. The van der Waals surface area contributed by atoms with E-state index >= 15 is 0 Å². The molecular weight excluding hydrogens is 292 g/mol. The first-order valence-corrected chi connectivity index (χ1v) is 7.31. The number of rotatable bonds is 3. The summed E-state index contributed by atoms with van der Waals surface area (Å²) in [4.78, 5) is 4.80. The second-order valence-corrected chi connectivity index (χ2v) is 5.87. The number of nitrogens with zero attached hydrogens (tertiary/aromatic N) is 2. The van der Waals surface area contributed by atoms with E-state index in [0.29, 0.717) is 6.04 Å². The van der Waals surface area contributed by atoms with Crippen LogP contribution in [0.1, 0.15) is 12.8 Å². The van der Waals surface area contributed by atoms with E-state index in [1.165, 1.54) is 12.1 Å². The van der Waals surface area contributed by atoms with Crippen molar-refractivity contribution in [1.82, 2.24) is 4.90 Å². The van der Waals surface area contributed by atoms with E-state index in [1.807, 2.05) is 0 Å². The average Bonchev–Trinajstić information content (AvgIpc) is 2.53. The van der Waals surface area contributed by atoms with Crippen molar-refractivity contribution in [2.45, 2.75) is 18.9 Å². The van der Waals surface area contributed by atoms with Gasteiger partial charge in [0.1, 0.15) is 0 Å². The van der Waals surface area contributed by atoms with Gasteiger partial charge in [0.15, 0.2) is 0 Å². The van der Waals surface area contributed by atoms with E-state index in [2.05, 4.69) is 57.0 Å². The topological polar surface area (TPSA) is 26.7 Å². The zero-order valence-electron chi connectivity index (χ0n) is 10.8. The molecule has 0 saturated carbocycles. The first kappa shape index (κ1) is 13.8. The Hall–Kier alpha value is -0.580. The molecule has 0 spiro atoms. The Morgan fingerprint density at radius 1 is 1.28 bits per heavy atom. The van der Waals surface area contributed by atoms with Crippen LogP contribution in [-0.2, 0) is 0 Å². The number of anilines is 1. The van der Waals surface area contributed by atoms with E-state index < -0.39 is 0 Å². The van der Waals surface area contributed by atoms with Crippen molar-refractivity contribution in [1.29, 1.82) is 0 Å². The second-order valence-electron chi connectivity index (χ2n) is 4.95. The van der Waals surface area contributed by atoms with Crippen LogP contribution >= 0.6 is 15.9 Å². The third-order valence-electron chi connectivity index (χ3n) is 3.52. The number of aliphatic hydroxyl groups excluding tert-OH is 1. The molecule has 18 heavy (non-hydrogen) atoms. The number of likely N-dealkylation sites (N-methyl/N-ethyl adjacent to an activating group) is 1. The fraction of sp³-hybridized carbons (Fsp3) is 0.571. The molecule has 0 bridgehead atoms. The van der Waals surface area contributed by atoms with Gasteiger partial charge in [-0.15, -0.1) is 0 Å². The molecule has 4 heteroatoms. The van der Waals surface area contributed by atoms with E-state index in [0.717, 1.165) is 30.5 Å². The molecule has 1 fully saturated rings. The molecule has 100 valence electrons. The second kappa shape index (κ2) is 6.55. The summed E-state index contributed by atoms with van der Waals surface area (Å²) in [7, 11) is 2.16. The van der Waals surface area contributed by atoms with Crippen LogP contribution in [0.15, 0.2) is 28.7 Å². The lowest BCUT2D eigenvalue weighted by Crippen LogP contribution is -2.40. The molecule has 0 radical (unpaired) electrons. The van der Waals surface area contributed by atoms with Gasteiger partial charge in [-0.25, -0.2) is 0 Å². The fourth-order valence-electron chi connectivity index (χ4n) is 2.61. The van der Waals surface area contributed by atoms with Crippen LogP contribution in [0.3, 0.4) is 0 Å². The zero-order valence-corrected chi connectivity index (χ0v) is 12.4. The van der Waals surface area contributed by atoms with Gasteiger partial charge < -0.3 is 14.9 Å². The minimum atomic E-state index is 0.255. The number of hydrogen-bond donors (Lipinski definition) is 1. The molecule has 3 nitrogen and oxygen atoms in total. The SMILES string of the molecule is CN1CCCN(c2ccc(Br)cc2)C(CCO)C1. The van der Waals surface area contributed by atoms with Gasteiger partial charge in [-0.3, -0.25) is 0 Å². The van der Waals surface area contributed by atoms with E-state index in [1.54, 1.807) is 0 Å². The maximum atomic E-state index is 9.25. The van der Waals surface area contributed by atoms with Gasteiger partial charge in [0, 0.05) is 35.9 Å². The van der Waals surface area contributed by atoms with Crippen molar-refractivity contribution in [2.75, 3.05) is 38.2 Å². The van der Waals surface area contributed by atoms with Crippen molar-refractivity contribution in [2.24, 2.45) is 0 Å². The van der Waals surface area contributed by atoms with Crippen molar-refractivity contribution in [3.8, 4) is 0 Å². The van der Waals surface area contributed by atoms with E-state index in [9.17, 15) is 5.11 Å². The van der Waals surface area contributed by atoms with E-state index in [4.69, 9.17) is 0 Å². The minimum absolute atomic E-state index is 0.255. The Bertz CT molecular complexity index is 369. The first-order chi connectivity index (χ1) is 8.70. The highest BCUT2D eigenvalue weighted by Gasteiger charge is 2.23. The highest BCUT2D eigenvalue weighted by atomic mass is 79.9. The average molecular weight is 313 g/mol.